The van der Waals surface area contributed by atoms with E-state index in [9.17, 15) is 14.0 Å². The number of carbonyl (C=O) groups excluding carboxylic acids is 1. The molecule has 4 N–H and O–H groups in total. The van der Waals surface area contributed by atoms with Crippen molar-refractivity contribution >= 4 is 29.1 Å². The maximum absolute atomic E-state index is 14.7. The zero-order chi connectivity index (χ0) is 19.7. The minimum Gasteiger partial charge on any atom is -0.366 e. The van der Waals surface area contributed by atoms with E-state index in [4.69, 9.17) is 11.5 Å². The van der Waals surface area contributed by atoms with Crippen molar-refractivity contribution in [3.63, 3.8) is 0 Å². The minimum atomic E-state index is -0.614. The van der Waals surface area contributed by atoms with Crippen molar-refractivity contribution in [3.05, 3.63) is 69.9 Å². The number of hydrogen-bond acceptors (Lipinski definition) is 3. The number of halogens is 2. The molecule has 28 heavy (non-hydrogen) atoms. The topological polar surface area (TPSA) is 91.1 Å². The lowest BCUT2D eigenvalue weighted by atomic mass is 9.94. The van der Waals surface area contributed by atoms with Gasteiger partial charge in [-0.1, -0.05) is 32.0 Å². The Hall–Kier alpha value is -2.70. The van der Waals surface area contributed by atoms with Gasteiger partial charge in [-0.15, -0.1) is 12.4 Å². The molecule has 0 radical (unpaired) electrons. The van der Waals surface area contributed by atoms with Gasteiger partial charge in [0.1, 0.15) is 5.82 Å². The zero-order valence-electron chi connectivity index (χ0n) is 15.7. The van der Waals surface area contributed by atoms with Gasteiger partial charge in [0.25, 0.3) is 5.56 Å². The van der Waals surface area contributed by atoms with Crippen molar-refractivity contribution in [1.29, 1.82) is 0 Å². The molecule has 0 aliphatic rings. The molecule has 3 aromatic rings. The minimum absolute atomic E-state index is 0. The fraction of sp³-hybridized carbons (Fsp3) is 0.238. The second-order valence-corrected chi connectivity index (χ2v) is 6.94. The lowest BCUT2D eigenvalue weighted by molar-refractivity contribution is 0.100. The smallest absolute Gasteiger partial charge is 0.258 e. The van der Waals surface area contributed by atoms with E-state index in [0.717, 1.165) is 0 Å². The maximum atomic E-state index is 14.7. The van der Waals surface area contributed by atoms with Crippen LogP contribution < -0.4 is 17.0 Å². The molecule has 0 saturated carbocycles. The number of nitrogens with zero attached hydrogens (tertiary/aromatic N) is 1. The van der Waals surface area contributed by atoms with Gasteiger partial charge < -0.3 is 16.0 Å². The highest BCUT2D eigenvalue weighted by Crippen LogP contribution is 2.33. The summed E-state index contributed by atoms with van der Waals surface area (Å²) in [5.41, 5.74) is 12.8. The molecule has 2 aromatic carbocycles. The third-order valence-corrected chi connectivity index (χ3v) is 4.55. The Morgan fingerprint density at radius 2 is 1.82 bits per heavy atom. The van der Waals surface area contributed by atoms with Crippen molar-refractivity contribution in [2.75, 3.05) is 0 Å². The number of carbonyl (C=O) groups is 1. The van der Waals surface area contributed by atoms with Crippen molar-refractivity contribution < 1.29 is 9.18 Å². The Morgan fingerprint density at radius 1 is 1.14 bits per heavy atom. The molecule has 0 aliphatic heterocycles. The molecule has 0 aliphatic carbocycles. The first kappa shape index (κ1) is 21.6. The molecule has 1 heterocycles. The average molecular weight is 404 g/mol. The molecule has 0 fully saturated rings. The number of hydrogen-bond donors (Lipinski definition) is 2. The van der Waals surface area contributed by atoms with Crippen LogP contribution in [-0.4, -0.2) is 10.5 Å². The Morgan fingerprint density at radius 3 is 2.39 bits per heavy atom. The fourth-order valence-corrected chi connectivity index (χ4v) is 3.38. The Labute approximate surface area is 168 Å². The Bertz CT molecular complexity index is 1090. The average Bonchev–Trinajstić information content (AvgIpc) is 2.63. The SMILES string of the molecule is CC(C)Cn1c(CN)c(-c2ccccc2F)c2cc(C(N)=O)ccc2c1=O.Cl. The predicted octanol–water partition coefficient (Wildman–Crippen LogP) is 3.44. The van der Waals surface area contributed by atoms with E-state index in [1.165, 1.54) is 12.1 Å². The van der Waals surface area contributed by atoms with Crippen LogP contribution in [0.1, 0.15) is 29.9 Å². The van der Waals surface area contributed by atoms with Gasteiger partial charge in [0, 0.05) is 40.9 Å². The molecule has 1 aromatic heterocycles. The van der Waals surface area contributed by atoms with Crippen molar-refractivity contribution in [2.24, 2.45) is 17.4 Å². The summed E-state index contributed by atoms with van der Waals surface area (Å²) in [5, 5.41) is 0.873. The largest absolute Gasteiger partial charge is 0.366 e. The summed E-state index contributed by atoms with van der Waals surface area (Å²) < 4.78 is 16.3. The monoisotopic (exact) mass is 403 g/mol. The van der Waals surface area contributed by atoms with Crippen LogP contribution in [0.3, 0.4) is 0 Å². The number of nitrogens with two attached hydrogens (primary N) is 2. The van der Waals surface area contributed by atoms with Crippen LogP contribution in [0, 0.1) is 11.7 Å². The number of fused-ring (bicyclic) bond motifs is 1. The van der Waals surface area contributed by atoms with Gasteiger partial charge in [0.15, 0.2) is 0 Å². The number of pyridine rings is 1. The molecule has 0 unspecified atom stereocenters. The van der Waals surface area contributed by atoms with Gasteiger partial charge in [-0.05, 0) is 35.6 Å². The molecule has 0 atom stereocenters. The molecule has 3 rings (SSSR count). The molecule has 1 amide bonds. The first-order valence-electron chi connectivity index (χ1n) is 8.79. The lowest BCUT2D eigenvalue weighted by Crippen LogP contribution is -2.28. The van der Waals surface area contributed by atoms with Crippen LogP contribution in [0.5, 0.6) is 0 Å². The van der Waals surface area contributed by atoms with E-state index in [0.29, 0.717) is 34.1 Å². The highest BCUT2D eigenvalue weighted by atomic mass is 35.5. The number of aromatic nitrogens is 1. The summed E-state index contributed by atoms with van der Waals surface area (Å²) in [6.07, 6.45) is 0. The summed E-state index contributed by atoms with van der Waals surface area (Å²) in [7, 11) is 0. The van der Waals surface area contributed by atoms with E-state index in [-0.39, 0.29) is 36.0 Å². The summed E-state index contributed by atoms with van der Waals surface area (Å²) in [4.78, 5) is 24.7. The number of amides is 1. The molecular weight excluding hydrogens is 381 g/mol. The highest BCUT2D eigenvalue weighted by Gasteiger charge is 2.20. The van der Waals surface area contributed by atoms with Gasteiger partial charge in [-0.2, -0.15) is 0 Å². The van der Waals surface area contributed by atoms with E-state index in [2.05, 4.69) is 0 Å². The summed E-state index contributed by atoms with van der Waals surface area (Å²) >= 11 is 0. The third kappa shape index (κ3) is 3.79. The maximum Gasteiger partial charge on any atom is 0.258 e. The summed E-state index contributed by atoms with van der Waals surface area (Å²) in [6, 6.07) is 10.9. The molecule has 5 nitrogen and oxygen atoms in total. The van der Waals surface area contributed by atoms with E-state index in [1.807, 2.05) is 13.8 Å². The number of benzene rings is 2. The lowest BCUT2D eigenvalue weighted by Gasteiger charge is -2.21. The summed E-state index contributed by atoms with van der Waals surface area (Å²) in [5.74, 6) is -0.839. The van der Waals surface area contributed by atoms with Gasteiger partial charge in [-0.25, -0.2) is 4.39 Å². The van der Waals surface area contributed by atoms with Gasteiger partial charge in [0.2, 0.25) is 5.91 Å². The second-order valence-electron chi connectivity index (χ2n) is 6.94. The third-order valence-electron chi connectivity index (χ3n) is 4.55. The van der Waals surface area contributed by atoms with Crippen LogP contribution in [0.15, 0.2) is 47.3 Å². The normalized spacial score (nSPS) is 10.9. The standard InChI is InChI=1S/C21H22FN3O2.ClH/c1-12(2)11-25-18(10-23)19(15-5-3-4-6-17(15)22)16-9-13(20(24)26)7-8-14(16)21(25)27;/h3-9,12H,10-11,23H2,1-2H3,(H2,24,26);1H. The quantitative estimate of drug-likeness (QED) is 0.683. The Balaban J connectivity index is 0.00000280. The van der Waals surface area contributed by atoms with Crippen molar-refractivity contribution in [3.8, 4) is 11.1 Å². The highest BCUT2D eigenvalue weighted by molar-refractivity contribution is 6.03. The summed E-state index contributed by atoms with van der Waals surface area (Å²) in [6.45, 7) is 4.51. The molecule has 148 valence electrons. The molecule has 7 heteroatoms. The van der Waals surface area contributed by atoms with Crippen molar-refractivity contribution in [2.45, 2.75) is 26.9 Å². The molecular formula is C21H23ClFN3O2. The van der Waals surface area contributed by atoms with Gasteiger partial charge in [0.05, 0.1) is 0 Å². The molecule has 0 bridgehead atoms. The molecule has 0 spiro atoms. The fourth-order valence-electron chi connectivity index (χ4n) is 3.38. The van der Waals surface area contributed by atoms with Crippen LogP contribution in [0.4, 0.5) is 4.39 Å². The van der Waals surface area contributed by atoms with Crippen LogP contribution >= 0.6 is 12.4 Å². The van der Waals surface area contributed by atoms with Crippen molar-refractivity contribution in [1.82, 2.24) is 4.57 Å². The molecule has 0 saturated heterocycles. The van der Waals surface area contributed by atoms with Gasteiger partial charge >= 0.3 is 0 Å². The van der Waals surface area contributed by atoms with E-state index >= 15 is 0 Å². The van der Waals surface area contributed by atoms with E-state index in [1.54, 1.807) is 34.9 Å². The zero-order valence-corrected chi connectivity index (χ0v) is 16.6. The Kier molecular flexibility index (Phi) is 6.59. The number of rotatable bonds is 5. The van der Waals surface area contributed by atoms with Crippen LogP contribution in [-0.2, 0) is 13.1 Å². The van der Waals surface area contributed by atoms with E-state index < -0.39 is 11.7 Å². The predicted molar refractivity (Wildman–Crippen MR) is 112 cm³/mol. The first-order valence-corrected chi connectivity index (χ1v) is 8.79. The van der Waals surface area contributed by atoms with Crippen LogP contribution in [0.25, 0.3) is 21.9 Å². The van der Waals surface area contributed by atoms with Crippen LogP contribution in [0.2, 0.25) is 0 Å². The first-order chi connectivity index (χ1) is 12.8. The second kappa shape index (κ2) is 8.54. The number of primary amides is 1. The van der Waals surface area contributed by atoms with Gasteiger partial charge in [-0.3, -0.25) is 9.59 Å².